The molecule has 2 atom stereocenters. The van der Waals surface area contributed by atoms with E-state index in [1.165, 1.54) is 38.5 Å². The van der Waals surface area contributed by atoms with Gasteiger partial charge in [0.05, 0.1) is 26.2 Å². The highest BCUT2D eigenvalue weighted by atomic mass is 19.1. The van der Waals surface area contributed by atoms with E-state index in [-0.39, 0.29) is 18.1 Å². The molecule has 1 amide bonds. The molecule has 0 spiro atoms. The van der Waals surface area contributed by atoms with Gasteiger partial charge in [-0.05, 0) is 36.5 Å². The van der Waals surface area contributed by atoms with Crippen molar-refractivity contribution in [3.05, 3.63) is 29.6 Å². The molecule has 1 N–H and O–H groups in total. The predicted octanol–water partition coefficient (Wildman–Crippen LogP) is 3.09. The van der Waals surface area contributed by atoms with Crippen LogP contribution in [0.3, 0.4) is 0 Å². The Labute approximate surface area is 137 Å². The van der Waals surface area contributed by atoms with Gasteiger partial charge in [-0.2, -0.15) is 0 Å². The van der Waals surface area contributed by atoms with Crippen molar-refractivity contribution in [2.75, 3.05) is 20.3 Å². The topological polar surface area (TPSA) is 47.6 Å². The van der Waals surface area contributed by atoms with Crippen LogP contribution < -0.4 is 10.1 Å². The first-order valence-electron chi connectivity index (χ1n) is 8.31. The number of halogens is 1. The molecule has 0 aliphatic heterocycles. The van der Waals surface area contributed by atoms with Crippen LogP contribution in [0.15, 0.2) is 18.2 Å². The number of hydrogen-bond donors (Lipinski definition) is 1. The van der Waals surface area contributed by atoms with Crippen molar-refractivity contribution in [2.24, 2.45) is 5.92 Å². The van der Waals surface area contributed by atoms with Crippen LogP contribution in [0, 0.1) is 11.7 Å². The fraction of sp³-hybridized carbons (Fsp3) is 0.611. The summed E-state index contributed by atoms with van der Waals surface area (Å²) in [6.45, 7) is 3.24. The third-order valence-corrected chi connectivity index (χ3v) is 4.37. The monoisotopic (exact) mass is 323 g/mol. The zero-order chi connectivity index (χ0) is 16.7. The minimum Gasteiger partial charge on any atom is -0.494 e. The van der Waals surface area contributed by atoms with Gasteiger partial charge in [0, 0.05) is 6.54 Å². The molecule has 2 rings (SSSR count). The lowest BCUT2D eigenvalue weighted by Crippen LogP contribution is -2.32. The fourth-order valence-electron chi connectivity index (χ4n) is 3.00. The number of benzene rings is 1. The summed E-state index contributed by atoms with van der Waals surface area (Å²) in [6.07, 6.45) is 5.32. The number of methoxy groups -OCH3 is 1. The molecule has 0 heterocycles. The van der Waals surface area contributed by atoms with Crippen LogP contribution >= 0.6 is 0 Å². The lowest BCUT2D eigenvalue weighted by Gasteiger charge is -2.28. The summed E-state index contributed by atoms with van der Waals surface area (Å²) in [5.41, 5.74) is 0.627. The summed E-state index contributed by atoms with van der Waals surface area (Å²) in [5.74, 6) is 0.202. The molecule has 0 aromatic heterocycles. The van der Waals surface area contributed by atoms with E-state index in [1.807, 2.05) is 0 Å². The highest BCUT2D eigenvalue weighted by Gasteiger charge is 2.21. The van der Waals surface area contributed by atoms with Crippen molar-refractivity contribution in [1.82, 2.24) is 5.32 Å². The number of ether oxygens (including phenoxy) is 2. The molecule has 1 aliphatic carbocycles. The maximum Gasteiger partial charge on any atom is 0.224 e. The number of nitrogens with one attached hydrogen (secondary N) is 1. The SMILES string of the molecule is COc1ccc(CC(=O)NCCO[C@H]2CCCC[C@@H]2C)cc1F. The number of rotatable bonds is 7. The quantitative estimate of drug-likeness (QED) is 0.785. The molecule has 1 aliphatic rings. The largest absolute Gasteiger partial charge is 0.494 e. The molecule has 5 heteroatoms. The van der Waals surface area contributed by atoms with Gasteiger partial charge in [-0.25, -0.2) is 4.39 Å². The fourth-order valence-corrected chi connectivity index (χ4v) is 3.00. The Morgan fingerprint density at radius 3 is 2.83 bits per heavy atom. The Bertz CT molecular complexity index is 521. The Hall–Kier alpha value is -1.62. The van der Waals surface area contributed by atoms with E-state index in [9.17, 15) is 9.18 Å². The standard InChI is InChI=1S/C18H26FNO3/c1-13-5-3-4-6-16(13)23-10-9-20-18(21)12-14-7-8-17(22-2)15(19)11-14/h7-8,11,13,16H,3-6,9-10,12H2,1-2H3,(H,20,21)/t13-,16-/m0/s1. The minimum absolute atomic E-state index is 0.130. The van der Waals surface area contributed by atoms with Crippen molar-refractivity contribution in [3.8, 4) is 5.75 Å². The summed E-state index contributed by atoms with van der Waals surface area (Å²) in [4.78, 5) is 11.9. The van der Waals surface area contributed by atoms with Crippen LogP contribution in [0.5, 0.6) is 5.75 Å². The molecular weight excluding hydrogens is 297 g/mol. The van der Waals surface area contributed by atoms with E-state index >= 15 is 0 Å². The summed E-state index contributed by atoms with van der Waals surface area (Å²) >= 11 is 0. The zero-order valence-corrected chi connectivity index (χ0v) is 13.9. The molecule has 4 nitrogen and oxygen atoms in total. The number of carbonyl (C=O) groups is 1. The van der Waals surface area contributed by atoms with E-state index < -0.39 is 5.82 Å². The second kappa shape index (κ2) is 8.87. The molecule has 0 saturated heterocycles. The molecule has 0 radical (unpaired) electrons. The maximum absolute atomic E-state index is 13.6. The van der Waals surface area contributed by atoms with Gasteiger partial charge in [-0.15, -0.1) is 0 Å². The Balaban J connectivity index is 1.68. The zero-order valence-electron chi connectivity index (χ0n) is 13.9. The highest BCUT2D eigenvalue weighted by molar-refractivity contribution is 5.78. The van der Waals surface area contributed by atoms with E-state index in [0.29, 0.717) is 30.7 Å². The average molecular weight is 323 g/mol. The average Bonchev–Trinajstić information content (AvgIpc) is 2.53. The molecule has 1 aromatic rings. The molecular formula is C18H26FNO3. The Morgan fingerprint density at radius 1 is 1.35 bits per heavy atom. The van der Waals surface area contributed by atoms with Crippen LogP contribution in [0.1, 0.15) is 38.2 Å². The number of amides is 1. The van der Waals surface area contributed by atoms with Crippen molar-refractivity contribution < 1.29 is 18.7 Å². The van der Waals surface area contributed by atoms with Crippen LogP contribution in [0.25, 0.3) is 0 Å². The van der Waals surface area contributed by atoms with Crippen molar-refractivity contribution in [1.29, 1.82) is 0 Å². The van der Waals surface area contributed by atoms with Gasteiger partial charge in [0.25, 0.3) is 0 Å². The molecule has 1 aromatic carbocycles. The lowest BCUT2D eigenvalue weighted by atomic mass is 9.88. The molecule has 0 unspecified atom stereocenters. The van der Waals surface area contributed by atoms with E-state index in [2.05, 4.69) is 12.2 Å². The first-order valence-corrected chi connectivity index (χ1v) is 8.31. The molecule has 128 valence electrons. The summed E-state index contributed by atoms with van der Waals surface area (Å²) < 4.78 is 24.3. The summed E-state index contributed by atoms with van der Waals surface area (Å²) in [6, 6.07) is 4.56. The molecule has 0 bridgehead atoms. The Morgan fingerprint density at radius 2 is 2.13 bits per heavy atom. The van der Waals surface area contributed by atoms with Crippen LogP contribution in [-0.2, 0) is 16.0 Å². The molecule has 1 fully saturated rings. The van der Waals surface area contributed by atoms with Gasteiger partial charge >= 0.3 is 0 Å². The van der Waals surface area contributed by atoms with Crippen LogP contribution in [0.2, 0.25) is 0 Å². The van der Waals surface area contributed by atoms with Gasteiger partial charge in [0.15, 0.2) is 11.6 Å². The number of hydrogen-bond acceptors (Lipinski definition) is 3. The van der Waals surface area contributed by atoms with Gasteiger partial charge in [-0.1, -0.05) is 25.8 Å². The lowest BCUT2D eigenvalue weighted by molar-refractivity contribution is -0.120. The second-order valence-corrected chi connectivity index (χ2v) is 6.17. The van der Waals surface area contributed by atoms with Crippen LogP contribution in [-0.4, -0.2) is 32.3 Å². The van der Waals surface area contributed by atoms with Gasteiger partial charge in [0.1, 0.15) is 0 Å². The minimum atomic E-state index is -0.451. The normalized spacial score (nSPS) is 21.0. The van der Waals surface area contributed by atoms with E-state index in [0.717, 1.165) is 6.42 Å². The van der Waals surface area contributed by atoms with Gasteiger partial charge < -0.3 is 14.8 Å². The smallest absolute Gasteiger partial charge is 0.224 e. The summed E-state index contributed by atoms with van der Waals surface area (Å²) in [5, 5.41) is 2.82. The van der Waals surface area contributed by atoms with E-state index in [4.69, 9.17) is 9.47 Å². The first kappa shape index (κ1) is 17.7. The van der Waals surface area contributed by atoms with Gasteiger partial charge in [-0.3, -0.25) is 4.79 Å². The summed E-state index contributed by atoms with van der Waals surface area (Å²) in [7, 11) is 1.41. The third-order valence-electron chi connectivity index (χ3n) is 4.37. The maximum atomic E-state index is 13.6. The van der Waals surface area contributed by atoms with Gasteiger partial charge in [0.2, 0.25) is 5.91 Å². The first-order chi connectivity index (χ1) is 11.1. The van der Waals surface area contributed by atoms with E-state index in [1.54, 1.807) is 6.07 Å². The van der Waals surface area contributed by atoms with Crippen molar-refractivity contribution in [2.45, 2.75) is 45.1 Å². The van der Waals surface area contributed by atoms with Crippen LogP contribution in [0.4, 0.5) is 4.39 Å². The molecule has 1 saturated carbocycles. The third kappa shape index (κ3) is 5.50. The van der Waals surface area contributed by atoms with Crippen molar-refractivity contribution >= 4 is 5.91 Å². The predicted molar refractivity (Wildman–Crippen MR) is 87.0 cm³/mol. The second-order valence-electron chi connectivity index (χ2n) is 6.17. The number of carbonyl (C=O) groups excluding carboxylic acids is 1. The Kier molecular flexibility index (Phi) is 6.84. The van der Waals surface area contributed by atoms with Crippen molar-refractivity contribution in [3.63, 3.8) is 0 Å². The molecule has 23 heavy (non-hydrogen) atoms. The highest BCUT2D eigenvalue weighted by Crippen LogP contribution is 2.26.